The first-order valence-corrected chi connectivity index (χ1v) is 8.88. The number of halogens is 1. The van der Waals surface area contributed by atoms with Crippen LogP contribution in [-0.4, -0.2) is 30.1 Å². The highest BCUT2D eigenvalue weighted by atomic mass is 35.5. The van der Waals surface area contributed by atoms with Crippen molar-refractivity contribution >= 4 is 33.3 Å². The van der Waals surface area contributed by atoms with Gasteiger partial charge >= 0.3 is 5.97 Å². The molecular weight excluding hydrogens is 356 g/mol. The first kappa shape index (κ1) is 18.3. The summed E-state index contributed by atoms with van der Waals surface area (Å²) in [6.07, 6.45) is 0.193. The first-order chi connectivity index (χ1) is 11.2. The van der Waals surface area contributed by atoms with E-state index in [1.54, 1.807) is 6.92 Å². The van der Waals surface area contributed by atoms with Crippen LogP contribution < -0.4 is 5.73 Å². The minimum absolute atomic E-state index is 0.0125. The van der Waals surface area contributed by atoms with Crippen molar-refractivity contribution in [1.29, 1.82) is 0 Å². The molecule has 1 aromatic heterocycles. The highest BCUT2D eigenvalue weighted by Crippen LogP contribution is 2.28. The average molecular weight is 373 g/mol. The SMILES string of the molecule is CCOC(=O)c1cc(C(C)O)cn1S(=O)(=O)c1cc(Cl)ccc1N. The van der Waals surface area contributed by atoms with Gasteiger partial charge in [0.15, 0.2) is 0 Å². The van der Waals surface area contributed by atoms with E-state index >= 15 is 0 Å². The fourth-order valence-electron chi connectivity index (χ4n) is 2.08. The van der Waals surface area contributed by atoms with Crippen molar-refractivity contribution in [2.45, 2.75) is 24.8 Å². The first-order valence-electron chi connectivity index (χ1n) is 7.06. The number of nitrogens with two attached hydrogens (primary N) is 1. The lowest BCUT2D eigenvalue weighted by atomic mass is 10.2. The van der Waals surface area contributed by atoms with Crippen LogP contribution in [0.25, 0.3) is 0 Å². The summed E-state index contributed by atoms with van der Waals surface area (Å²) in [5, 5.41) is 9.89. The molecule has 0 bridgehead atoms. The van der Waals surface area contributed by atoms with Gasteiger partial charge in [0.1, 0.15) is 10.6 Å². The van der Waals surface area contributed by atoms with Gasteiger partial charge in [-0.15, -0.1) is 0 Å². The van der Waals surface area contributed by atoms with Gasteiger partial charge < -0.3 is 15.6 Å². The number of hydrogen-bond acceptors (Lipinski definition) is 6. The lowest BCUT2D eigenvalue weighted by Crippen LogP contribution is -2.20. The molecule has 1 atom stereocenters. The predicted molar refractivity (Wildman–Crippen MR) is 89.5 cm³/mol. The number of nitrogens with zero attached hydrogens (tertiary/aromatic N) is 1. The summed E-state index contributed by atoms with van der Waals surface area (Å²) in [4.78, 5) is 11.8. The average Bonchev–Trinajstić information content (AvgIpc) is 2.96. The molecule has 1 aromatic carbocycles. The van der Waals surface area contributed by atoms with Crippen molar-refractivity contribution in [2.75, 3.05) is 12.3 Å². The number of anilines is 1. The normalized spacial score (nSPS) is 12.8. The van der Waals surface area contributed by atoms with E-state index < -0.39 is 22.1 Å². The molecule has 0 aliphatic heterocycles. The number of carbonyl (C=O) groups excluding carboxylic acids is 1. The van der Waals surface area contributed by atoms with Gasteiger partial charge in [-0.3, -0.25) is 0 Å². The van der Waals surface area contributed by atoms with Crippen LogP contribution >= 0.6 is 11.6 Å². The van der Waals surface area contributed by atoms with Crippen LogP contribution in [-0.2, 0) is 14.8 Å². The topological polar surface area (TPSA) is 112 Å². The Morgan fingerprint density at radius 3 is 2.67 bits per heavy atom. The number of aliphatic hydroxyl groups is 1. The van der Waals surface area contributed by atoms with Gasteiger partial charge in [0, 0.05) is 11.2 Å². The minimum atomic E-state index is -4.20. The number of rotatable bonds is 5. The Morgan fingerprint density at radius 2 is 2.08 bits per heavy atom. The second-order valence-corrected chi connectivity index (χ2v) is 7.26. The van der Waals surface area contributed by atoms with Crippen molar-refractivity contribution < 1.29 is 23.1 Å². The number of aliphatic hydroxyl groups excluding tert-OH is 1. The summed E-state index contributed by atoms with van der Waals surface area (Å²) in [5.41, 5.74) is 5.76. The van der Waals surface area contributed by atoms with Crippen LogP contribution in [0.1, 0.15) is 36.0 Å². The van der Waals surface area contributed by atoms with E-state index in [0.29, 0.717) is 0 Å². The Bertz CT molecular complexity index is 874. The fraction of sp³-hybridized carbons (Fsp3) is 0.267. The highest BCUT2D eigenvalue weighted by molar-refractivity contribution is 7.90. The predicted octanol–water partition coefficient (Wildman–Crippen LogP) is 2.19. The van der Waals surface area contributed by atoms with Crippen molar-refractivity contribution in [3.8, 4) is 0 Å². The van der Waals surface area contributed by atoms with Gasteiger partial charge in [-0.1, -0.05) is 11.6 Å². The van der Waals surface area contributed by atoms with Crippen LogP contribution in [0, 0.1) is 0 Å². The third kappa shape index (κ3) is 3.40. The lowest BCUT2D eigenvalue weighted by Gasteiger charge is -2.12. The number of aromatic nitrogens is 1. The zero-order valence-electron chi connectivity index (χ0n) is 13.1. The summed E-state index contributed by atoms with van der Waals surface area (Å²) < 4.78 is 31.4. The third-order valence-corrected chi connectivity index (χ3v) is 5.25. The Balaban J connectivity index is 2.69. The Labute approximate surface area is 144 Å². The summed E-state index contributed by atoms with van der Waals surface area (Å²) in [6, 6.07) is 5.28. The lowest BCUT2D eigenvalue weighted by molar-refractivity contribution is 0.0518. The maximum Gasteiger partial charge on any atom is 0.356 e. The van der Waals surface area contributed by atoms with Gasteiger partial charge in [-0.05, 0) is 43.7 Å². The van der Waals surface area contributed by atoms with E-state index in [0.717, 1.165) is 10.2 Å². The third-order valence-electron chi connectivity index (χ3n) is 3.29. The van der Waals surface area contributed by atoms with Crippen LogP contribution in [0.15, 0.2) is 35.4 Å². The zero-order chi connectivity index (χ0) is 18.1. The second-order valence-electron chi connectivity index (χ2n) is 5.04. The number of nitrogen functional groups attached to an aromatic ring is 1. The molecule has 0 saturated carbocycles. The maximum atomic E-state index is 12.9. The molecule has 130 valence electrons. The maximum absolute atomic E-state index is 12.9. The van der Waals surface area contributed by atoms with Crippen LogP contribution in [0.4, 0.5) is 5.69 Å². The molecule has 24 heavy (non-hydrogen) atoms. The summed E-state index contributed by atoms with van der Waals surface area (Å²) in [7, 11) is -4.20. The molecule has 0 aliphatic carbocycles. The molecule has 0 aliphatic rings. The Morgan fingerprint density at radius 1 is 1.42 bits per heavy atom. The van der Waals surface area contributed by atoms with E-state index in [-0.39, 0.29) is 33.5 Å². The van der Waals surface area contributed by atoms with Crippen molar-refractivity contribution in [3.63, 3.8) is 0 Å². The monoisotopic (exact) mass is 372 g/mol. The molecule has 7 nitrogen and oxygen atoms in total. The molecule has 0 spiro atoms. The van der Waals surface area contributed by atoms with E-state index in [4.69, 9.17) is 22.1 Å². The molecule has 2 rings (SSSR count). The number of benzene rings is 1. The molecule has 3 N–H and O–H groups in total. The summed E-state index contributed by atoms with van der Waals surface area (Å²) >= 11 is 5.86. The van der Waals surface area contributed by atoms with E-state index in [2.05, 4.69) is 0 Å². The smallest absolute Gasteiger partial charge is 0.356 e. The molecule has 0 saturated heterocycles. The van der Waals surface area contributed by atoms with Gasteiger partial charge in [0.25, 0.3) is 10.0 Å². The van der Waals surface area contributed by atoms with Gasteiger partial charge in [0.2, 0.25) is 0 Å². The Hall–Kier alpha value is -2.03. The minimum Gasteiger partial charge on any atom is -0.461 e. The molecule has 0 radical (unpaired) electrons. The molecule has 9 heteroatoms. The number of ether oxygens (including phenoxy) is 1. The van der Waals surface area contributed by atoms with E-state index in [9.17, 15) is 18.3 Å². The van der Waals surface area contributed by atoms with Crippen molar-refractivity contribution in [2.24, 2.45) is 0 Å². The Kier molecular flexibility index (Phi) is 5.22. The number of carbonyl (C=O) groups is 1. The van der Waals surface area contributed by atoms with Crippen LogP contribution in [0.5, 0.6) is 0 Å². The zero-order valence-corrected chi connectivity index (χ0v) is 14.6. The van der Waals surface area contributed by atoms with Crippen LogP contribution in [0.3, 0.4) is 0 Å². The number of esters is 1. The van der Waals surface area contributed by atoms with Crippen molar-refractivity contribution in [3.05, 3.63) is 46.7 Å². The molecule has 2 aromatic rings. The van der Waals surface area contributed by atoms with Crippen LogP contribution in [0.2, 0.25) is 5.02 Å². The van der Waals surface area contributed by atoms with Gasteiger partial charge in [0.05, 0.1) is 18.4 Å². The van der Waals surface area contributed by atoms with Gasteiger partial charge in [-0.25, -0.2) is 17.2 Å². The fourth-order valence-corrected chi connectivity index (χ4v) is 3.82. The molecular formula is C15H17ClN2O5S. The van der Waals surface area contributed by atoms with E-state index in [1.807, 2.05) is 0 Å². The molecule has 1 unspecified atom stereocenters. The highest BCUT2D eigenvalue weighted by Gasteiger charge is 2.28. The largest absolute Gasteiger partial charge is 0.461 e. The molecule has 0 amide bonds. The van der Waals surface area contributed by atoms with Gasteiger partial charge in [-0.2, -0.15) is 0 Å². The molecule has 0 fully saturated rings. The summed E-state index contributed by atoms with van der Waals surface area (Å²) in [5.74, 6) is -0.825. The number of hydrogen-bond donors (Lipinski definition) is 2. The second kappa shape index (κ2) is 6.84. The summed E-state index contributed by atoms with van der Waals surface area (Å²) in [6.45, 7) is 3.13. The van der Waals surface area contributed by atoms with E-state index in [1.165, 1.54) is 31.2 Å². The quantitative estimate of drug-likeness (QED) is 0.614. The standard InChI is InChI=1S/C15H17ClN2O5S/c1-3-23-15(20)13-6-10(9(2)19)8-18(13)24(21,22)14-7-11(16)4-5-12(14)17/h4-9,19H,3,17H2,1-2H3. The molecule has 1 heterocycles. The van der Waals surface area contributed by atoms with Crippen molar-refractivity contribution in [1.82, 2.24) is 3.97 Å².